The van der Waals surface area contributed by atoms with Crippen molar-refractivity contribution in [2.24, 2.45) is 0 Å². The van der Waals surface area contributed by atoms with Crippen molar-refractivity contribution >= 4 is 58.2 Å². The molecule has 8 heteroatoms. The second-order valence-corrected chi connectivity index (χ2v) is 9.21. The van der Waals surface area contributed by atoms with E-state index in [9.17, 15) is 0 Å². The first-order chi connectivity index (χ1) is 14.2. The van der Waals surface area contributed by atoms with Crippen molar-refractivity contribution in [3.63, 3.8) is 0 Å². The molecule has 30 heavy (non-hydrogen) atoms. The number of benzene rings is 2. The third kappa shape index (κ3) is 5.77. The van der Waals surface area contributed by atoms with Gasteiger partial charge in [0.1, 0.15) is 5.82 Å². The number of anilines is 2. The zero-order chi connectivity index (χ0) is 20.1. The van der Waals surface area contributed by atoms with Crippen molar-refractivity contribution in [3.05, 3.63) is 83.5 Å². The van der Waals surface area contributed by atoms with Gasteiger partial charge in [-0.2, -0.15) is 5.26 Å². The van der Waals surface area contributed by atoms with E-state index >= 15 is 0 Å². The van der Waals surface area contributed by atoms with Crippen LogP contribution in [0.1, 0.15) is 11.3 Å². The van der Waals surface area contributed by atoms with Crippen molar-refractivity contribution in [1.29, 1.82) is 5.26 Å². The topological polar surface area (TPSA) is 61.6 Å². The van der Waals surface area contributed by atoms with Crippen LogP contribution in [-0.4, -0.2) is 9.97 Å². The summed E-state index contributed by atoms with van der Waals surface area (Å²) in [7, 11) is 0. The molecule has 0 saturated heterocycles. The van der Waals surface area contributed by atoms with Crippen LogP contribution in [0.4, 0.5) is 10.9 Å². The minimum Gasteiger partial charge on any atom is -0.315 e. The summed E-state index contributed by atoms with van der Waals surface area (Å²) in [5, 5.41) is 15.2. The fraction of sp³-hybridized carbons (Fsp3) is 0.0455. The van der Waals surface area contributed by atoms with Gasteiger partial charge in [-0.3, -0.25) is 0 Å². The SMILES string of the molecule is Cc1csc(Nc2ncc(Sc3ccc(C#N)cc3)cc2Sc2ccccc2)n1.Cl. The molecule has 2 aromatic carbocycles. The summed E-state index contributed by atoms with van der Waals surface area (Å²) >= 11 is 4.86. The van der Waals surface area contributed by atoms with Crippen LogP contribution in [0.25, 0.3) is 0 Å². The van der Waals surface area contributed by atoms with Crippen LogP contribution in [0.3, 0.4) is 0 Å². The fourth-order valence-electron chi connectivity index (χ4n) is 2.52. The van der Waals surface area contributed by atoms with Crippen LogP contribution in [0.2, 0.25) is 0 Å². The fourth-order valence-corrected chi connectivity index (χ4v) is 5.04. The molecule has 0 bridgehead atoms. The van der Waals surface area contributed by atoms with Crippen LogP contribution in [-0.2, 0) is 0 Å². The maximum Gasteiger partial charge on any atom is 0.188 e. The van der Waals surface area contributed by atoms with Crippen molar-refractivity contribution in [3.8, 4) is 6.07 Å². The lowest BCUT2D eigenvalue weighted by atomic mass is 10.2. The highest BCUT2D eigenvalue weighted by Crippen LogP contribution is 2.38. The Balaban J connectivity index is 0.00000256. The lowest BCUT2D eigenvalue weighted by Gasteiger charge is -2.11. The summed E-state index contributed by atoms with van der Waals surface area (Å²) in [4.78, 5) is 13.4. The van der Waals surface area contributed by atoms with Gasteiger partial charge in [-0.25, -0.2) is 9.97 Å². The number of hydrogen-bond acceptors (Lipinski definition) is 7. The van der Waals surface area contributed by atoms with E-state index in [4.69, 9.17) is 5.26 Å². The monoisotopic (exact) mass is 468 g/mol. The Hall–Kier alpha value is -2.50. The van der Waals surface area contributed by atoms with Gasteiger partial charge in [0.15, 0.2) is 5.13 Å². The number of nitrogens with zero attached hydrogens (tertiary/aromatic N) is 3. The second kappa shape index (κ2) is 10.5. The van der Waals surface area contributed by atoms with Crippen molar-refractivity contribution in [1.82, 2.24) is 9.97 Å². The maximum absolute atomic E-state index is 8.97. The van der Waals surface area contributed by atoms with Gasteiger partial charge in [0, 0.05) is 26.3 Å². The second-order valence-electron chi connectivity index (χ2n) is 6.09. The van der Waals surface area contributed by atoms with E-state index in [1.54, 1.807) is 34.9 Å². The molecule has 4 aromatic rings. The first-order valence-electron chi connectivity index (χ1n) is 8.80. The van der Waals surface area contributed by atoms with Crippen LogP contribution in [0.5, 0.6) is 0 Å². The van der Waals surface area contributed by atoms with E-state index in [0.29, 0.717) is 5.56 Å². The predicted octanol–water partition coefficient (Wildman–Crippen LogP) is 7.19. The standard InChI is InChI=1S/C22H16N4S3.ClH/c1-15-14-27-22(25-15)26-21-20(29-17-5-3-2-4-6-17)11-19(13-24-21)28-18-9-7-16(12-23)8-10-18;/h2-11,13-14H,1H3,(H,24,25,26);1H. The van der Waals surface area contributed by atoms with Crippen molar-refractivity contribution in [2.45, 2.75) is 26.5 Å². The normalized spacial score (nSPS) is 10.1. The zero-order valence-electron chi connectivity index (χ0n) is 15.9. The van der Waals surface area contributed by atoms with Gasteiger partial charge in [0.05, 0.1) is 22.2 Å². The predicted molar refractivity (Wildman–Crippen MR) is 127 cm³/mol. The average molecular weight is 469 g/mol. The highest BCUT2D eigenvalue weighted by molar-refractivity contribution is 8.00. The molecule has 2 heterocycles. The van der Waals surface area contributed by atoms with Gasteiger partial charge in [-0.05, 0) is 49.4 Å². The van der Waals surface area contributed by atoms with Crippen LogP contribution in [0, 0.1) is 18.3 Å². The zero-order valence-corrected chi connectivity index (χ0v) is 19.2. The van der Waals surface area contributed by atoms with Gasteiger partial charge in [0.25, 0.3) is 0 Å². The van der Waals surface area contributed by atoms with Gasteiger partial charge in [-0.15, -0.1) is 23.7 Å². The number of thiazole rings is 1. The number of aryl methyl sites for hydroxylation is 1. The highest BCUT2D eigenvalue weighted by Gasteiger charge is 2.11. The molecule has 0 saturated carbocycles. The van der Waals surface area contributed by atoms with Gasteiger partial charge in [-0.1, -0.05) is 41.7 Å². The van der Waals surface area contributed by atoms with E-state index in [2.05, 4.69) is 39.6 Å². The number of nitriles is 1. The summed E-state index contributed by atoms with van der Waals surface area (Å²) in [6.45, 7) is 1.98. The molecular formula is C22H17ClN4S3. The summed E-state index contributed by atoms with van der Waals surface area (Å²) in [6, 6.07) is 22.1. The maximum atomic E-state index is 8.97. The molecule has 1 N–H and O–H groups in total. The molecule has 0 aliphatic carbocycles. The number of pyridine rings is 1. The molecule has 0 aliphatic rings. The van der Waals surface area contributed by atoms with Crippen LogP contribution in [0.15, 0.2) is 91.8 Å². The quantitative estimate of drug-likeness (QED) is 0.323. The molecule has 0 spiro atoms. The minimum atomic E-state index is 0. The smallest absolute Gasteiger partial charge is 0.188 e. The summed E-state index contributed by atoms with van der Waals surface area (Å²) in [5.41, 5.74) is 1.65. The summed E-state index contributed by atoms with van der Waals surface area (Å²) in [6.07, 6.45) is 1.86. The van der Waals surface area contributed by atoms with Gasteiger partial charge < -0.3 is 5.32 Å². The summed E-state index contributed by atoms with van der Waals surface area (Å²) < 4.78 is 0. The molecule has 0 amide bonds. The third-order valence-electron chi connectivity index (χ3n) is 3.86. The molecule has 0 aliphatic heterocycles. The molecule has 150 valence electrons. The molecule has 4 rings (SSSR count). The Morgan fingerprint density at radius 3 is 2.37 bits per heavy atom. The Morgan fingerprint density at radius 2 is 1.70 bits per heavy atom. The number of nitrogens with one attached hydrogen (secondary N) is 1. The van der Waals surface area contributed by atoms with E-state index < -0.39 is 0 Å². The Morgan fingerprint density at radius 1 is 0.967 bits per heavy atom. The molecule has 0 unspecified atom stereocenters. The Kier molecular flexibility index (Phi) is 7.77. The van der Waals surface area contributed by atoms with Crippen LogP contribution >= 0.6 is 47.3 Å². The average Bonchev–Trinajstić information content (AvgIpc) is 3.16. The molecule has 4 nitrogen and oxygen atoms in total. The Bertz CT molecular complexity index is 1160. The van der Waals surface area contributed by atoms with E-state index in [-0.39, 0.29) is 12.4 Å². The lowest BCUT2D eigenvalue weighted by Crippen LogP contribution is -1.96. The number of hydrogen-bond donors (Lipinski definition) is 1. The third-order valence-corrected chi connectivity index (χ3v) is 6.74. The van der Waals surface area contributed by atoms with E-state index in [1.807, 2.05) is 61.0 Å². The molecule has 0 fully saturated rings. The number of halogens is 1. The minimum absolute atomic E-state index is 0. The van der Waals surface area contributed by atoms with Crippen LogP contribution < -0.4 is 5.32 Å². The number of aromatic nitrogens is 2. The molecular weight excluding hydrogens is 452 g/mol. The summed E-state index contributed by atoms with van der Waals surface area (Å²) in [5.74, 6) is 0.789. The first-order valence-corrected chi connectivity index (χ1v) is 11.3. The highest BCUT2D eigenvalue weighted by atomic mass is 35.5. The molecule has 0 radical (unpaired) electrons. The van der Waals surface area contributed by atoms with Crippen molar-refractivity contribution < 1.29 is 0 Å². The first kappa shape index (κ1) is 22.2. The van der Waals surface area contributed by atoms with Gasteiger partial charge >= 0.3 is 0 Å². The van der Waals surface area contributed by atoms with E-state index in [1.165, 1.54) is 0 Å². The molecule has 0 atom stereocenters. The van der Waals surface area contributed by atoms with Crippen molar-refractivity contribution in [2.75, 3.05) is 5.32 Å². The largest absolute Gasteiger partial charge is 0.315 e. The van der Waals surface area contributed by atoms with Gasteiger partial charge in [0.2, 0.25) is 0 Å². The van der Waals surface area contributed by atoms with E-state index in [0.717, 1.165) is 36.2 Å². The lowest BCUT2D eigenvalue weighted by molar-refractivity contribution is 1.14. The Labute approximate surface area is 194 Å². The molecule has 2 aromatic heterocycles. The number of rotatable bonds is 6.